The normalized spacial score (nSPS) is 15.4. The van der Waals surface area contributed by atoms with E-state index in [4.69, 9.17) is 4.18 Å². The summed E-state index contributed by atoms with van der Waals surface area (Å²) in [5.74, 6) is -1.26. The van der Waals surface area contributed by atoms with Gasteiger partial charge in [0.1, 0.15) is 6.61 Å². The standard InChI is InChI=1S/C34H29N3O7S/c38-31-20-30(33(40)29-8-4-3-7-28(29)31)35-26-15-17-37(18-16-26)34(41)23-9-12-25(13-10-23)36-32(39)21-44-45(42,43)27-14-11-22-5-1-2-6-24(22)19-27/h1-14,19-20,26,35H,15-18,21H2,(H,36,39). The highest BCUT2D eigenvalue weighted by Crippen LogP contribution is 2.23. The lowest BCUT2D eigenvalue weighted by Crippen LogP contribution is -2.45. The van der Waals surface area contributed by atoms with Crippen LogP contribution >= 0.6 is 0 Å². The second-order valence-electron chi connectivity index (χ2n) is 10.9. The number of ketones is 2. The molecule has 4 aromatic carbocycles. The first-order valence-electron chi connectivity index (χ1n) is 14.4. The molecule has 0 saturated carbocycles. The molecule has 1 saturated heterocycles. The number of hydrogen-bond acceptors (Lipinski definition) is 8. The third-order valence-electron chi connectivity index (χ3n) is 7.87. The van der Waals surface area contributed by atoms with E-state index in [1.165, 1.54) is 18.2 Å². The van der Waals surface area contributed by atoms with E-state index in [1.807, 2.05) is 12.1 Å². The molecule has 45 heavy (non-hydrogen) atoms. The number of anilines is 1. The summed E-state index contributed by atoms with van der Waals surface area (Å²) in [4.78, 5) is 52.5. The van der Waals surface area contributed by atoms with E-state index in [-0.39, 0.29) is 34.1 Å². The summed E-state index contributed by atoms with van der Waals surface area (Å²) >= 11 is 0. The number of amides is 2. The van der Waals surface area contributed by atoms with E-state index >= 15 is 0 Å². The van der Waals surface area contributed by atoms with Crippen LogP contribution < -0.4 is 10.6 Å². The van der Waals surface area contributed by atoms with E-state index in [0.717, 1.165) is 10.8 Å². The summed E-state index contributed by atoms with van der Waals surface area (Å²) in [5, 5.41) is 7.40. The van der Waals surface area contributed by atoms with Crippen molar-refractivity contribution in [3.05, 3.63) is 119 Å². The number of nitrogens with zero attached hydrogens (tertiary/aromatic N) is 1. The van der Waals surface area contributed by atoms with Crippen LogP contribution in [0.1, 0.15) is 43.9 Å². The minimum atomic E-state index is -4.15. The number of benzene rings is 4. The van der Waals surface area contributed by atoms with Crippen molar-refractivity contribution in [1.29, 1.82) is 0 Å². The highest BCUT2D eigenvalue weighted by molar-refractivity contribution is 7.86. The number of allylic oxidation sites excluding steroid dienone is 2. The molecule has 11 heteroatoms. The largest absolute Gasteiger partial charge is 0.379 e. The smallest absolute Gasteiger partial charge is 0.297 e. The van der Waals surface area contributed by atoms with Crippen LogP contribution in [0.3, 0.4) is 0 Å². The van der Waals surface area contributed by atoms with Gasteiger partial charge in [-0.15, -0.1) is 0 Å². The van der Waals surface area contributed by atoms with Gasteiger partial charge in [0.2, 0.25) is 5.78 Å². The molecular formula is C34H29N3O7S. The Bertz CT molecular complexity index is 1960. The van der Waals surface area contributed by atoms with Crippen LogP contribution in [-0.2, 0) is 19.1 Å². The Morgan fingerprint density at radius 2 is 1.49 bits per heavy atom. The molecule has 2 amide bonds. The number of carbonyl (C=O) groups is 4. The predicted molar refractivity (Wildman–Crippen MR) is 167 cm³/mol. The second-order valence-corrected chi connectivity index (χ2v) is 12.5. The molecule has 2 N–H and O–H groups in total. The monoisotopic (exact) mass is 623 g/mol. The minimum Gasteiger partial charge on any atom is -0.379 e. The molecule has 0 radical (unpaired) electrons. The van der Waals surface area contributed by atoms with Gasteiger partial charge in [-0.25, -0.2) is 0 Å². The Labute approximate surface area is 259 Å². The van der Waals surface area contributed by atoms with Crippen LogP contribution in [0.15, 0.2) is 108 Å². The third kappa shape index (κ3) is 6.54. The molecule has 6 rings (SSSR count). The minimum absolute atomic E-state index is 0.0443. The summed E-state index contributed by atoms with van der Waals surface area (Å²) in [7, 11) is -4.15. The quantitative estimate of drug-likeness (QED) is 0.277. The molecule has 0 aromatic heterocycles. The molecule has 1 aliphatic carbocycles. The number of nitrogens with one attached hydrogen (secondary N) is 2. The lowest BCUT2D eigenvalue weighted by atomic mass is 9.92. The van der Waals surface area contributed by atoms with Crippen molar-refractivity contribution in [2.24, 2.45) is 0 Å². The van der Waals surface area contributed by atoms with E-state index < -0.39 is 22.6 Å². The van der Waals surface area contributed by atoms with Crippen LogP contribution in [0.5, 0.6) is 0 Å². The van der Waals surface area contributed by atoms with Gasteiger partial charge in [0.05, 0.1) is 10.6 Å². The van der Waals surface area contributed by atoms with Gasteiger partial charge in [0.15, 0.2) is 5.78 Å². The van der Waals surface area contributed by atoms with Crippen LogP contribution in [-0.4, -0.2) is 62.4 Å². The average molecular weight is 624 g/mol. The zero-order chi connectivity index (χ0) is 31.6. The number of fused-ring (bicyclic) bond motifs is 2. The van der Waals surface area contributed by atoms with E-state index in [1.54, 1.807) is 71.6 Å². The summed E-state index contributed by atoms with van der Waals surface area (Å²) in [6.07, 6.45) is 2.55. The maximum atomic E-state index is 13.1. The second kappa shape index (κ2) is 12.5. The highest BCUT2D eigenvalue weighted by Gasteiger charge is 2.29. The van der Waals surface area contributed by atoms with Crippen molar-refractivity contribution in [2.45, 2.75) is 23.8 Å². The lowest BCUT2D eigenvalue weighted by Gasteiger charge is -2.33. The molecule has 1 fully saturated rings. The molecule has 1 aliphatic heterocycles. The molecule has 4 aromatic rings. The fourth-order valence-corrected chi connectivity index (χ4v) is 6.37. The van der Waals surface area contributed by atoms with Crippen molar-refractivity contribution in [3.8, 4) is 0 Å². The van der Waals surface area contributed by atoms with Gasteiger partial charge in [-0.3, -0.25) is 23.4 Å². The maximum Gasteiger partial charge on any atom is 0.297 e. The Morgan fingerprint density at radius 1 is 0.822 bits per heavy atom. The number of Topliss-reactive ketones (excluding diaryl/α,β-unsaturated/α-hetero) is 1. The first-order valence-corrected chi connectivity index (χ1v) is 15.8. The molecule has 228 valence electrons. The SMILES string of the molecule is O=C(COS(=O)(=O)c1ccc2ccccc2c1)Nc1ccc(C(=O)N2CCC(NC3=CC(=O)c4ccccc4C3=O)CC2)cc1. The molecule has 2 aliphatic rings. The third-order valence-corrected chi connectivity index (χ3v) is 9.13. The lowest BCUT2D eigenvalue weighted by molar-refractivity contribution is -0.118. The average Bonchev–Trinajstić information content (AvgIpc) is 3.06. The van der Waals surface area contributed by atoms with Crippen molar-refractivity contribution >= 4 is 50.0 Å². The predicted octanol–water partition coefficient (Wildman–Crippen LogP) is 4.34. The fraction of sp³-hybridized carbons (Fsp3) is 0.176. The molecular weight excluding hydrogens is 594 g/mol. The van der Waals surface area contributed by atoms with E-state index in [0.29, 0.717) is 48.3 Å². The Balaban J connectivity index is 0.984. The molecule has 0 bridgehead atoms. The van der Waals surface area contributed by atoms with Crippen LogP contribution in [0, 0.1) is 0 Å². The highest BCUT2D eigenvalue weighted by atomic mass is 32.2. The topological polar surface area (TPSA) is 139 Å². The van der Waals surface area contributed by atoms with Crippen LogP contribution in [0.4, 0.5) is 5.69 Å². The van der Waals surface area contributed by atoms with Crippen molar-refractivity contribution in [1.82, 2.24) is 10.2 Å². The van der Waals surface area contributed by atoms with Gasteiger partial charge in [-0.2, -0.15) is 8.42 Å². The molecule has 0 spiro atoms. The van der Waals surface area contributed by atoms with Crippen molar-refractivity contribution in [3.63, 3.8) is 0 Å². The number of likely N-dealkylation sites (tertiary alicyclic amines) is 1. The number of carbonyl (C=O) groups excluding carboxylic acids is 4. The van der Waals surface area contributed by atoms with Gasteiger partial charge in [0.25, 0.3) is 21.9 Å². The molecule has 1 heterocycles. The Kier molecular flexibility index (Phi) is 8.29. The van der Waals surface area contributed by atoms with Gasteiger partial charge in [0, 0.05) is 47.6 Å². The Hall–Kier alpha value is -5.13. The van der Waals surface area contributed by atoms with Crippen LogP contribution in [0.25, 0.3) is 10.8 Å². The number of hydrogen-bond donors (Lipinski definition) is 2. The maximum absolute atomic E-state index is 13.1. The van der Waals surface area contributed by atoms with Crippen molar-refractivity contribution < 1.29 is 31.8 Å². The summed E-state index contributed by atoms with van der Waals surface area (Å²) in [6.45, 7) is 0.218. The molecule has 0 atom stereocenters. The number of rotatable bonds is 8. The van der Waals surface area contributed by atoms with E-state index in [2.05, 4.69) is 10.6 Å². The molecule has 10 nitrogen and oxygen atoms in total. The van der Waals surface area contributed by atoms with Crippen LogP contribution in [0.2, 0.25) is 0 Å². The van der Waals surface area contributed by atoms with Gasteiger partial charge < -0.3 is 15.5 Å². The zero-order valence-electron chi connectivity index (χ0n) is 24.1. The van der Waals surface area contributed by atoms with E-state index in [9.17, 15) is 27.6 Å². The summed E-state index contributed by atoms with van der Waals surface area (Å²) < 4.78 is 30.2. The number of piperidine rings is 1. The Morgan fingerprint density at radius 3 is 2.22 bits per heavy atom. The first kappa shape index (κ1) is 29.9. The van der Waals surface area contributed by atoms with Crippen molar-refractivity contribution in [2.75, 3.05) is 25.0 Å². The van der Waals surface area contributed by atoms with Gasteiger partial charge in [-0.05, 0) is 60.0 Å². The summed E-state index contributed by atoms with van der Waals surface area (Å²) in [6, 6.07) is 24.9. The zero-order valence-corrected chi connectivity index (χ0v) is 24.9. The van der Waals surface area contributed by atoms with Gasteiger partial charge in [-0.1, -0.05) is 54.6 Å². The van der Waals surface area contributed by atoms with Gasteiger partial charge >= 0.3 is 0 Å². The molecule has 0 unspecified atom stereocenters. The first-order chi connectivity index (χ1) is 21.7. The fourth-order valence-electron chi connectivity index (χ4n) is 5.47. The summed E-state index contributed by atoms with van der Waals surface area (Å²) in [5.41, 5.74) is 1.88.